The van der Waals surface area contributed by atoms with Crippen molar-refractivity contribution in [3.05, 3.63) is 40.1 Å². The highest BCUT2D eigenvalue weighted by Gasteiger charge is 2.25. The van der Waals surface area contributed by atoms with Gasteiger partial charge in [-0.3, -0.25) is 9.88 Å². The molecule has 2 heterocycles. The second-order valence-corrected chi connectivity index (χ2v) is 5.81. The normalized spacial score (nSPS) is 15.2. The highest BCUT2D eigenvalue weighted by molar-refractivity contribution is 6.05. The number of pyridine rings is 1. The molecule has 0 radical (unpaired) electrons. The van der Waals surface area contributed by atoms with Crippen LogP contribution in [-0.2, 0) is 13.0 Å². The van der Waals surface area contributed by atoms with Crippen molar-refractivity contribution < 1.29 is 9.90 Å². The molecule has 1 aliphatic rings. The third-order valence-corrected chi connectivity index (χ3v) is 4.32. The van der Waals surface area contributed by atoms with E-state index in [0.717, 1.165) is 52.8 Å². The minimum atomic E-state index is -0.844. The van der Waals surface area contributed by atoms with Crippen LogP contribution in [0.1, 0.15) is 39.7 Å². The lowest BCUT2D eigenvalue weighted by molar-refractivity contribution is 0.0695. The zero-order valence-electron chi connectivity index (χ0n) is 12.7. The van der Waals surface area contributed by atoms with Crippen LogP contribution in [0.4, 0.5) is 0 Å². The van der Waals surface area contributed by atoms with Crippen LogP contribution >= 0.6 is 0 Å². The number of carbonyl (C=O) groups is 1. The van der Waals surface area contributed by atoms with E-state index < -0.39 is 5.97 Å². The zero-order valence-corrected chi connectivity index (χ0v) is 12.7. The summed E-state index contributed by atoms with van der Waals surface area (Å²) in [5.41, 5.74) is 5.23. The summed E-state index contributed by atoms with van der Waals surface area (Å²) in [7, 11) is 0. The quantitative estimate of drug-likeness (QED) is 0.921. The smallest absolute Gasteiger partial charge is 0.336 e. The van der Waals surface area contributed by atoms with Gasteiger partial charge in [0.1, 0.15) is 0 Å². The molecule has 0 atom stereocenters. The van der Waals surface area contributed by atoms with Crippen molar-refractivity contribution in [2.24, 2.45) is 0 Å². The number of carboxylic acid groups (broad SMARTS) is 1. The maximum Gasteiger partial charge on any atom is 0.336 e. The van der Waals surface area contributed by atoms with Crippen LogP contribution in [0.25, 0.3) is 10.9 Å². The lowest BCUT2D eigenvalue weighted by Gasteiger charge is -2.28. The topological polar surface area (TPSA) is 53.4 Å². The molecule has 2 aromatic rings. The van der Waals surface area contributed by atoms with Gasteiger partial charge in [-0.25, -0.2) is 4.79 Å². The molecule has 0 unspecified atom stereocenters. The Morgan fingerprint density at radius 2 is 2.14 bits per heavy atom. The molecule has 1 aromatic carbocycles. The van der Waals surface area contributed by atoms with Gasteiger partial charge in [0.05, 0.1) is 11.1 Å². The van der Waals surface area contributed by atoms with E-state index >= 15 is 0 Å². The lowest BCUT2D eigenvalue weighted by atomic mass is 9.93. The molecule has 21 heavy (non-hydrogen) atoms. The largest absolute Gasteiger partial charge is 0.478 e. The Hall–Kier alpha value is -1.94. The average Bonchev–Trinajstić information content (AvgIpc) is 2.43. The van der Waals surface area contributed by atoms with Crippen molar-refractivity contribution in [2.45, 2.75) is 33.7 Å². The number of nitrogens with zero attached hydrogens (tertiary/aromatic N) is 2. The first kappa shape index (κ1) is 14.0. The number of fused-ring (bicyclic) bond motifs is 2. The number of rotatable bonds is 2. The maximum atomic E-state index is 11.9. The van der Waals surface area contributed by atoms with Gasteiger partial charge in [0, 0.05) is 36.2 Å². The van der Waals surface area contributed by atoms with Gasteiger partial charge in [-0.1, -0.05) is 13.0 Å². The molecule has 0 fully saturated rings. The summed E-state index contributed by atoms with van der Waals surface area (Å²) in [6.45, 7) is 8.66. The zero-order chi connectivity index (χ0) is 15.1. The number of benzene rings is 1. The van der Waals surface area contributed by atoms with Crippen molar-refractivity contribution in [1.82, 2.24) is 9.88 Å². The first-order valence-corrected chi connectivity index (χ1v) is 7.39. The highest BCUT2D eigenvalue weighted by atomic mass is 16.4. The molecule has 0 saturated heterocycles. The van der Waals surface area contributed by atoms with Crippen LogP contribution in [0.3, 0.4) is 0 Å². The minimum Gasteiger partial charge on any atom is -0.478 e. The molecule has 0 aliphatic carbocycles. The van der Waals surface area contributed by atoms with E-state index in [1.807, 2.05) is 26.0 Å². The number of carboxylic acids is 1. The molecule has 4 heteroatoms. The lowest BCUT2D eigenvalue weighted by Crippen LogP contribution is -2.32. The Bertz CT molecular complexity index is 737. The van der Waals surface area contributed by atoms with Gasteiger partial charge in [-0.05, 0) is 37.6 Å². The van der Waals surface area contributed by atoms with E-state index in [1.54, 1.807) is 0 Å². The molecular formula is C17H20N2O2. The van der Waals surface area contributed by atoms with Crippen LogP contribution in [-0.4, -0.2) is 34.0 Å². The summed E-state index contributed by atoms with van der Waals surface area (Å²) < 4.78 is 0. The summed E-state index contributed by atoms with van der Waals surface area (Å²) in [5, 5.41) is 10.5. The summed E-state index contributed by atoms with van der Waals surface area (Å²) >= 11 is 0. The van der Waals surface area contributed by atoms with Crippen LogP contribution in [0.2, 0.25) is 0 Å². The molecule has 3 rings (SSSR count). The third kappa shape index (κ3) is 2.29. The van der Waals surface area contributed by atoms with E-state index in [-0.39, 0.29) is 0 Å². The van der Waals surface area contributed by atoms with E-state index in [4.69, 9.17) is 4.98 Å². The fourth-order valence-electron chi connectivity index (χ4n) is 3.32. The molecule has 0 amide bonds. The van der Waals surface area contributed by atoms with Gasteiger partial charge >= 0.3 is 5.97 Å². The van der Waals surface area contributed by atoms with Crippen molar-refractivity contribution in [3.63, 3.8) is 0 Å². The molecule has 110 valence electrons. The molecular weight excluding hydrogens is 264 g/mol. The van der Waals surface area contributed by atoms with E-state index in [2.05, 4.69) is 11.8 Å². The van der Waals surface area contributed by atoms with Crippen molar-refractivity contribution in [1.29, 1.82) is 0 Å². The standard InChI is InChI=1S/C17H20N2O2/c1-4-19-6-5-13-12(9-19)16(17(20)21)15-11(3)7-10(2)8-14(15)18-13/h7-8H,4-6,9H2,1-3H3,(H,20,21). The molecule has 1 aromatic heterocycles. The number of likely N-dealkylation sites (N-methyl/N-ethyl adjacent to an activating group) is 1. The Morgan fingerprint density at radius 1 is 1.38 bits per heavy atom. The van der Waals surface area contributed by atoms with Crippen molar-refractivity contribution >= 4 is 16.9 Å². The van der Waals surface area contributed by atoms with Crippen LogP contribution in [0, 0.1) is 13.8 Å². The number of hydrogen-bond donors (Lipinski definition) is 1. The molecule has 0 bridgehead atoms. The predicted octanol–water partition coefficient (Wildman–Crippen LogP) is 2.93. The second-order valence-electron chi connectivity index (χ2n) is 5.81. The maximum absolute atomic E-state index is 11.9. The highest BCUT2D eigenvalue weighted by Crippen LogP contribution is 2.30. The van der Waals surface area contributed by atoms with Gasteiger partial charge in [0.25, 0.3) is 0 Å². The Balaban J connectivity index is 2.35. The monoisotopic (exact) mass is 284 g/mol. The molecule has 1 N–H and O–H groups in total. The first-order valence-electron chi connectivity index (χ1n) is 7.39. The molecule has 0 spiro atoms. The molecule has 4 nitrogen and oxygen atoms in total. The third-order valence-electron chi connectivity index (χ3n) is 4.32. The summed E-state index contributed by atoms with van der Waals surface area (Å²) in [6, 6.07) is 4.02. The predicted molar refractivity (Wildman–Crippen MR) is 82.8 cm³/mol. The summed E-state index contributed by atoms with van der Waals surface area (Å²) in [4.78, 5) is 18.9. The van der Waals surface area contributed by atoms with E-state index in [0.29, 0.717) is 12.1 Å². The number of aromatic carboxylic acids is 1. The Morgan fingerprint density at radius 3 is 2.81 bits per heavy atom. The summed E-state index contributed by atoms with van der Waals surface area (Å²) in [6.07, 6.45) is 0.826. The van der Waals surface area contributed by atoms with Crippen molar-refractivity contribution in [3.8, 4) is 0 Å². The van der Waals surface area contributed by atoms with Crippen LogP contribution < -0.4 is 0 Å². The number of aromatic nitrogens is 1. The fourth-order valence-corrected chi connectivity index (χ4v) is 3.32. The number of hydrogen-bond acceptors (Lipinski definition) is 3. The van der Waals surface area contributed by atoms with E-state index in [1.165, 1.54) is 0 Å². The van der Waals surface area contributed by atoms with Crippen LogP contribution in [0.5, 0.6) is 0 Å². The van der Waals surface area contributed by atoms with Gasteiger partial charge in [-0.15, -0.1) is 0 Å². The van der Waals surface area contributed by atoms with Crippen LogP contribution in [0.15, 0.2) is 12.1 Å². The Labute approximate surface area is 124 Å². The first-order chi connectivity index (χ1) is 10.0. The fraction of sp³-hybridized carbons (Fsp3) is 0.412. The van der Waals surface area contributed by atoms with Crippen molar-refractivity contribution in [2.75, 3.05) is 13.1 Å². The molecule has 0 saturated carbocycles. The van der Waals surface area contributed by atoms with E-state index in [9.17, 15) is 9.90 Å². The van der Waals surface area contributed by atoms with Gasteiger partial charge in [0.2, 0.25) is 0 Å². The molecule has 1 aliphatic heterocycles. The SMILES string of the molecule is CCN1CCc2nc3cc(C)cc(C)c3c(C(=O)O)c2C1. The second kappa shape index (κ2) is 5.11. The number of aryl methyl sites for hydroxylation is 2. The average molecular weight is 284 g/mol. The summed E-state index contributed by atoms with van der Waals surface area (Å²) in [5.74, 6) is -0.844. The Kier molecular flexibility index (Phi) is 3.41. The van der Waals surface area contributed by atoms with Gasteiger partial charge in [0.15, 0.2) is 0 Å². The van der Waals surface area contributed by atoms with Gasteiger partial charge < -0.3 is 5.11 Å². The minimum absolute atomic E-state index is 0.450. The van der Waals surface area contributed by atoms with Gasteiger partial charge in [-0.2, -0.15) is 0 Å².